The number of benzene rings is 1. The smallest absolute Gasteiger partial charge is 0.257 e. The van der Waals surface area contributed by atoms with Crippen molar-refractivity contribution in [3.8, 4) is 11.8 Å². The van der Waals surface area contributed by atoms with Crippen molar-refractivity contribution in [1.29, 1.82) is 5.26 Å². The van der Waals surface area contributed by atoms with Crippen molar-refractivity contribution < 1.29 is 4.79 Å². The molecule has 1 aliphatic heterocycles. The van der Waals surface area contributed by atoms with Crippen molar-refractivity contribution >= 4 is 5.91 Å². The van der Waals surface area contributed by atoms with Gasteiger partial charge in [-0.3, -0.25) is 4.79 Å². The van der Waals surface area contributed by atoms with Crippen LogP contribution in [0.4, 0.5) is 0 Å². The maximum atomic E-state index is 12.9. The molecule has 1 aliphatic rings. The third-order valence-corrected chi connectivity index (χ3v) is 4.14. The van der Waals surface area contributed by atoms with E-state index < -0.39 is 0 Å². The fourth-order valence-electron chi connectivity index (χ4n) is 2.78. The van der Waals surface area contributed by atoms with Gasteiger partial charge in [0.15, 0.2) is 0 Å². The second-order valence-electron chi connectivity index (χ2n) is 5.56. The Morgan fingerprint density at radius 1 is 1.27 bits per heavy atom. The van der Waals surface area contributed by atoms with E-state index in [4.69, 9.17) is 0 Å². The first-order valence-electron chi connectivity index (χ1n) is 7.30. The summed E-state index contributed by atoms with van der Waals surface area (Å²) in [5.41, 5.74) is 3.30. The monoisotopic (exact) mass is 295 g/mol. The maximum Gasteiger partial charge on any atom is 0.257 e. The molecule has 112 valence electrons. The van der Waals surface area contributed by atoms with Crippen LogP contribution in [-0.4, -0.2) is 38.4 Å². The highest BCUT2D eigenvalue weighted by Crippen LogP contribution is 2.25. The molecule has 0 aliphatic carbocycles. The molecule has 0 saturated carbocycles. The van der Waals surface area contributed by atoms with Gasteiger partial charge in [-0.1, -0.05) is 0 Å². The van der Waals surface area contributed by atoms with Crippen LogP contribution in [0.5, 0.6) is 0 Å². The van der Waals surface area contributed by atoms with E-state index in [0.717, 1.165) is 24.0 Å². The molecule has 1 aromatic heterocycles. The summed E-state index contributed by atoms with van der Waals surface area (Å²) in [6, 6.07) is 5.65. The van der Waals surface area contributed by atoms with Crippen molar-refractivity contribution in [3.05, 3.63) is 41.2 Å². The third-order valence-electron chi connectivity index (χ3n) is 4.14. The fraction of sp³-hybridized carbons (Fsp3) is 0.375. The van der Waals surface area contributed by atoms with Gasteiger partial charge in [0.1, 0.15) is 6.04 Å². The van der Waals surface area contributed by atoms with Gasteiger partial charge in [-0.05, 0) is 49.9 Å². The predicted molar refractivity (Wildman–Crippen MR) is 80.5 cm³/mol. The summed E-state index contributed by atoms with van der Waals surface area (Å²) in [6.45, 7) is 4.58. The highest BCUT2D eigenvalue weighted by molar-refractivity contribution is 5.98. The first-order chi connectivity index (χ1) is 10.6. The van der Waals surface area contributed by atoms with Crippen molar-refractivity contribution in [2.75, 3.05) is 6.54 Å². The Morgan fingerprint density at radius 2 is 1.95 bits per heavy atom. The summed E-state index contributed by atoms with van der Waals surface area (Å²) < 4.78 is 0. The van der Waals surface area contributed by atoms with E-state index in [1.165, 1.54) is 4.80 Å². The first kappa shape index (κ1) is 14.3. The number of amides is 1. The molecule has 2 heterocycles. The topological polar surface area (TPSA) is 74.8 Å². The van der Waals surface area contributed by atoms with Crippen LogP contribution in [0.2, 0.25) is 0 Å². The zero-order valence-corrected chi connectivity index (χ0v) is 12.7. The lowest BCUT2D eigenvalue weighted by Crippen LogP contribution is -2.35. The van der Waals surface area contributed by atoms with Gasteiger partial charge >= 0.3 is 0 Å². The molecule has 0 spiro atoms. The van der Waals surface area contributed by atoms with Gasteiger partial charge < -0.3 is 4.90 Å². The number of hydrogen-bond acceptors (Lipinski definition) is 4. The lowest BCUT2D eigenvalue weighted by atomic mass is 10.0. The number of carbonyl (C=O) groups is 1. The van der Waals surface area contributed by atoms with Gasteiger partial charge in [0.05, 0.1) is 29.7 Å². The highest BCUT2D eigenvalue weighted by Gasteiger charge is 2.31. The Morgan fingerprint density at radius 3 is 2.64 bits per heavy atom. The highest BCUT2D eigenvalue weighted by atomic mass is 16.2. The van der Waals surface area contributed by atoms with Gasteiger partial charge in [0.2, 0.25) is 0 Å². The van der Waals surface area contributed by atoms with E-state index in [1.54, 1.807) is 17.3 Å². The van der Waals surface area contributed by atoms with Crippen LogP contribution in [0.25, 0.3) is 5.69 Å². The Hall–Kier alpha value is -2.68. The lowest BCUT2D eigenvalue weighted by molar-refractivity contribution is 0.0764. The van der Waals surface area contributed by atoms with Crippen molar-refractivity contribution in [1.82, 2.24) is 19.9 Å². The number of carbonyl (C=O) groups excluding carboxylic acids is 1. The van der Waals surface area contributed by atoms with Crippen molar-refractivity contribution in [2.24, 2.45) is 0 Å². The summed E-state index contributed by atoms with van der Waals surface area (Å²) >= 11 is 0. The number of hydrogen-bond donors (Lipinski definition) is 0. The van der Waals surface area contributed by atoms with Crippen LogP contribution in [-0.2, 0) is 0 Å². The number of aromatic nitrogens is 3. The number of likely N-dealkylation sites (tertiary alicyclic amines) is 1. The third kappa shape index (κ3) is 2.35. The Bertz CT molecular complexity index is 745. The van der Waals surface area contributed by atoms with E-state index in [1.807, 2.05) is 26.0 Å². The second-order valence-corrected chi connectivity index (χ2v) is 5.56. The maximum absolute atomic E-state index is 12.9. The number of aryl methyl sites for hydroxylation is 2. The molecule has 1 saturated heterocycles. The summed E-state index contributed by atoms with van der Waals surface area (Å²) in [7, 11) is 0. The molecule has 0 N–H and O–H groups in total. The summed E-state index contributed by atoms with van der Waals surface area (Å²) in [5, 5.41) is 17.5. The Balaban J connectivity index is 2.08. The Kier molecular flexibility index (Phi) is 3.63. The van der Waals surface area contributed by atoms with E-state index in [-0.39, 0.29) is 11.9 Å². The summed E-state index contributed by atoms with van der Waals surface area (Å²) in [6.07, 6.45) is 4.77. The van der Waals surface area contributed by atoms with Gasteiger partial charge in [-0.2, -0.15) is 20.3 Å². The van der Waals surface area contributed by atoms with Crippen LogP contribution >= 0.6 is 0 Å². The van der Waals surface area contributed by atoms with E-state index >= 15 is 0 Å². The zero-order valence-electron chi connectivity index (χ0n) is 12.7. The van der Waals surface area contributed by atoms with Gasteiger partial charge in [0.25, 0.3) is 5.91 Å². The van der Waals surface area contributed by atoms with Crippen LogP contribution in [0.1, 0.15) is 34.3 Å². The molecular weight excluding hydrogens is 278 g/mol. The number of nitrogens with zero attached hydrogens (tertiary/aromatic N) is 5. The van der Waals surface area contributed by atoms with Crippen molar-refractivity contribution in [3.63, 3.8) is 0 Å². The van der Waals surface area contributed by atoms with E-state index in [2.05, 4.69) is 16.3 Å². The minimum Gasteiger partial charge on any atom is -0.323 e. The molecule has 1 aromatic carbocycles. The number of rotatable bonds is 2. The largest absolute Gasteiger partial charge is 0.323 e. The Labute approximate surface area is 129 Å². The van der Waals surface area contributed by atoms with Crippen LogP contribution in [0, 0.1) is 25.2 Å². The van der Waals surface area contributed by atoms with Gasteiger partial charge in [-0.25, -0.2) is 0 Å². The van der Waals surface area contributed by atoms with Gasteiger partial charge in [-0.15, -0.1) is 0 Å². The quantitative estimate of drug-likeness (QED) is 0.849. The molecule has 0 bridgehead atoms. The molecule has 0 unspecified atom stereocenters. The molecule has 1 atom stereocenters. The van der Waals surface area contributed by atoms with Crippen LogP contribution < -0.4 is 0 Å². The van der Waals surface area contributed by atoms with E-state index in [9.17, 15) is 10.1 Å². The average Bonchev–Trinajstić information content (AvgIpc) is 3.19. The molecule has 0 radical (unpaired) electrons. The van der Waals surface area contributed by atoms with Crippen LogP contribution in [0.15, 0.2) is 24.5 Å². The molecule has 2 aromatic rings. The first-order valence-corrected chi connectivity index (χ1v) is 7.30. The minimum atomic E-state index is -0.340. The minimum absolute atomic E-state index is 0.126. The average molecular weight is 295 g/mol. The normalized spacial score (nSPS) is 17.5. The van der Waals surface area contributed by atoms with Gasteiger partial charge in [0, 0.05) is 6.54 Å². The molecule has 6 heteroatoms. The summed E-state index contributed by atoms with van der Waals surface area (Å²) in [4.78, 5) is 16.0. The van der Waals surface area contributed by atoms with E-state index in [0.29, 0.717) is 17.8 Å². The molecule has 3 rings (SSSR count). The fourth-order valence-corrected chi connectivity index (χ4v) is 2.78. The second kappa shape index (κ2) is 5.60. The lowest BCUT2D eigenvalue weighted by Gasteiger charge is -2.21. The summed E-state index contributed by atoms with van der Waals surface area (Å²) in [5.74, 6) is -0.126. The molecule has 22 heavy (non-hydrogen) atoms. The SMILES string of the molecule is Cc1cc(C(=O)N2CCC[C@H]2C#N)c(-n2nccn2)cc1C. The van der Waals surface area contributed by atoms with Crippen LogP contribution in [0.3, 0.4) is 0 Å². The molecule has 6 nitrogen and oxygen atoms in total. The molecule has 1 fully saturated rings. The standard InChI is InChI=1S/C16H17N5O/c1-11-8-14(16(22)20-7-3-4-13(20)10-17)15(9-12(11)2)21-18-5-6-19-21/h5-6,8-9,13H,3-4,7H2,1-2H3/t13-/m0/s1. The number of nitriles is 1. The molecular formula is C16H17N5O. The predicted octanol–water partition coefficient (Wildman–Crippen LogP) is 2.01. The molecule has 1 amide bonds. The zero-order chi connectivity index (χ0) is 15.7. The van der Waals surface area contributed by atoms with Crippen molar-refractivity contribution in [2.45, 2.75) is 32.7 Å².